The molecular weight excluding hydrogens is 304 g/mol. The lowest BCUT2D eigenvalue weighted by Crippen LogP contribution is -2.29. The normalized spacial score (nSPS) is 27.0. The number of likely N-dealkylation sites (tertiary alicyclic amines) is 1. The van der Waals surface area contributed by atoms with Gasteiger partial charge in [-0.15, -0.1) is 0 Å². The van der Waals surface area contributed by atoms with Crippen LogP contribution >= 0.6 is 0 Å². The quantitative estimate of drug-likeness (QED) is 0.937. The number of carbonyl (C=O) groups excluding carboxylic acids is 1. The third kappa shape index (κ3) is 2.36. The van der Waals surface area contributed by atoms with Gasteiger partial charge in [-0.05, 0) is 50.5 Å². The highest BCUT2D eigenvalue weighted by Gasteiger charge is 2.46. The minimum Gasteiger partial charge on any atom is -0.459 e. The number of aromatic nitrogens is 3. The van der Waals surface area contributed by atoms with Gasteiger partial charge in [-0.3, -0.25) is 9.89 Å². The molecule has 2 saturated carbocycles. The van der Waals surface area contributed by atoms with Crippen molar-refractivity contribution < 1.29 is 9.21 Å². The van der Waals surface area contributed by atoms with Crippen LogP contribution in [-0.2, 0) is 0 Å². The van der Waals surface area contributed by atoms with Gasteiger partial charge in [0.05, 0.1) is 6.26 Å². The standard InChI is InChI=1S/C18H22N4O2/c1-10-6-7-24-15(10)18(23)22-8-13(11-2-3-11)14(9-22)17-19-16(20-21-17)12-4-5-12/h6-7,11-14H,2-5,8-9H2,1H3,(H,19,20,21)/t13-,14+/m1/s1. The first-order valence-electron chi connectivity index (χ1n) is 8.96. The number of nitrogens with one attached hydrogen (secondary N) is 1. The molecule has 3 aliphatic rings. The lowest BCUT2D eigenvalue weighted by Gasteiger charge is -2.15. The number of hydrogen-bond donors (Lipinski definition) is 1. The van der Waals surface area contributed by atoms with E-state index in [-0.39, 0.29) is 11.8 Å². The highest BCUT2D eigenvalue weighted by molar-refractivity contribution is 5.93. The van der Waals surface area contributed by atoms with Gasteiger partial charge >= 0.3 is 0 Å². The van der Waals surface area contributed by atoms with Crippen molar-refractivity contribution in [1.29, 1.82) is 0 Å². The number of nitrogens with zero attached hydrogens (tertiary/aromatic N) is 3. The number of aromatic amines is 1. The molecule has 0 aromatic carbocycles. The summed E-state index contributed by atoms with van der Waals surface area (Å²) in [6.45, 7) is 3.42. The van der Waals surface area contributed by atoms with Crippen molar-refractivity contribution >= 4 is 5.91 Å². The minimum atomic E-state index is 0.00702. The molecule has 6 heteroatoms. The van der Waals surface area contributed by atoms with Crippen molar-refractivity contribution in [2.24, 2.45) is 11.8 Å². The van der Waals surface area contributed by atoms with E-state index >= 15 is 0 Å². The van der Waals surface area contributed by atoms with Crippen LogP contribution in [0.4, 0.5) is 0 Å². The van der Waals surface area contributed by atoms with Crippen molar-refractivity contribution in [3.8, 4) is 0 Å². The number of furan rings is 1. The Hall–Kier alpha value is -2.11. The molecule has 3 fully saturated rings. The topological polar surface area (TPSA) is 75.0 Å². The number of H-pyrrole nitrogens is 1. The van der Waals surface area contributed by atoms with Crippen LogP contribution in [0, 0.1) is 18.8 Å². The minimum absolute atomic E-state index is 0.00702. The van der Waals surface area contributed by atoms with E-state index in [0.717, 1.165) is 29.7 Å². The van der Waals surface area contributed by atoms with E-state index < -0.39 is 0 Å². The molecule has 0 bridgehead atoms. The van der Waals surface area contributed by atoms with E-state index in [2.05, 4.69) is 10.2 Å². The van der Waals surface area contributed by atoms with Crippen LogP contribution in [0.15, 0.2) is 16.7 Å². The van der Waals surface area contributed by atoms with Crippen LogP contribution in [0.2, 0.25) is 0 Å². The van der Waals surface area contributed by atoms with E-state index in [1.54, 1.807) is 6.26 Å². The fourth-order valence-electron chi connectivity index (χ4n) is 4.00. The molecule has 126 valence electrons. The van der Waals surface area contributed by atoms with Gasteiger partial charge in [0.15, 0.2) is 11.6 Å². The van der Waals surface area contributed by atoms with Crippen LogP contribution in [0.3, 0.4) is 0 Å². The van der Waals surface area contributed by atoms with Crippen LogP contribution in [0.25, 0.3) is 0 Å². The Balaban J connectivity index is 1.39. The Morgan fingerprint density at radius 3 is 2.79 bits per heavy atom. The average Bonchev–Trinajstić information content (AvgIpc) is 3.48. The average molecular weight is 326 g/mol. The summed E-state index contributed by atoms with van der Waals surface area (Å²) in [7, 11) is 0. The first-order chi connectivity index (χ1) is 11.7. The molecule has 1 aliphatic heterocycles. The van der Waals surface area contributed by atoms with Crippen molar-refractivity contribution in [3.05, 3.63) is 35.3 Å². The number of rotatable bonds is 4. The lowest BCUT2D eigenvalue weighted by molar-refractivity contribution is 0.0752. The molecule has 5 rings (SSSR count). The third-order valence-corrected chi connectivity index (χ3v) is 5.75. The SMILES string of the molecule is Cc1ccoc1C(=O)N1C[C@H](c2nc(C3CC3)n[nH]2)[C@@H](C2CC2)C1. The summed E-state index contributed by atoms with van der Waals surface area (Å²) in [5, 5.41) is 7.58. The maximum Gasteiger partial charge on any atom is 0.289 e. The molecule has 2 atom stereocenters. The molecule has 3 heterocycles. The number of carbonyl (C=O) groups is 1. The van der Waals surface area contributed by atoms with Gasteiger partial charge in [0.1, 0.15) is 5.82 Å². The molecule has 2 aromatic heterocycles. The van der Waals surface area contributed by atoms with Crippen molar-refractivity contribution in [2.75, 3.05) is 13.1 Å². The summed E-state index contributed by atoms with van der Waals surface area (Å²) in [5.74, 6) is 4.46. The fraction of sp³-hybridized carbons (Fsp3) is 0.611. The maximum atomic E-state index is 12.8. The van der Waals surface area contributed by atoms with Gasteiger partial charge in [-0.25, -0.2) is 4.98 Å². The molecule has 0 radical (unpaired) electrons. The largest absolute Gasteiger partial charge is 0.459 e. The van der Waals surface area contributed by atoms with Gasteiger partial charge in [0.25, 0.3) is 5.91 Å². The molecule has 1 saturated heterocycles. The highest BCUT2D eigenvalue weighted by Crippen LogP contribution is 2.47. The Kier molecular flexibility index (Phi) is 3.08. The van der Waals surface area contributed by atoms with E-state index in [0.29, 0.717) is 24.1 Å². The third-order valence-electron chi connectivity index (χ3n) is 5.75. The zero-order valence-electron chi connectivity index (χ0n) is 13.9. The second-order valence-corrected chi connectivity index (χ2v) is 7.60. The molecule has 24 heavy (non-hydrogen) atoms. The van der Waals surface area contributed by atoms with E-state index in [9.17, 15) is 4.79 Å². The Labute approximate surface area is 140 Å². The molecule has 0 unspecified atom stereocenters. The number of aryl methyl sites for hydroxylation is 1. The van der Waals surface area contributed by atoms with E-state index in [1.807, 2.05) is 17.9 Å². The van der Waals surface area contributed by atoms with E-state index in [4.69, 9.17) is 9.40 Å². The number of amides is 1. The highest BCUT2D eigenvalue weighted by atomic mass is 16.3. The van der Waals surface area contributed by atoms with E-state index in [1.165, 1.54) is 25.7 Å². The summed E-state index contributed by atoms with van der Waals surface area (Å²) in [6.07, 6.45) is 6.54. The van der Waals surface area contributed by atoms with Gasteiger partial charge in [0.2, 0.25) is 0 Å². The fourth-order valence-corrected chi connectivity index (χ4v) is 4.00. The zero-order valence-corrected chi connectivity index (χ0v) is 13.9. The predicted molar refractivity (Wildman–Crippen MR) is 86.7 cm³/mol. The molecular formula is C18H22N4O2. The van der Waals surface area contributed by atoms with Gasteiger partial charge in [-0.1, -0.05) is 0 Å². The van der Waals surface area contributed by atoms with Crippen LogP contribution < -0.4 is 0 Å². The summed E-state index contributed by atoms with van der Waals surface area (Å²) < 4.78 is 5.41. The van der Waals surface area contributed by atoms with Crippen LogP contribution in [0.1, 0.15) is 65.3 Å². The molecule has 1 amide bonds. The van der Waals surface area contributed by atoms with Crippen molar-refractivity contribution in [3.63, 3.8) is 0 Å². The molecule has 0 spiro atoms. The first-order valence-corrected chi connectivity index (χ1v) is 8.96. The molecule has 1 N–H and O–H groups in total. The molecule has 2 aromatic rings. The summed E-state index contributed by atoms with van der Waals surface area (Å²) >= 11 is 0. The monoisotopic (exact) mass is 326 g/mol. The molecule has 2 aliphatic carbocycles. The van der Waals surface area contributed by atoms with Gasteiger partial charge in [-0.2, -0.15) is 5.10 Å². The van der Waals surface area contributed by atoms with Crippen LogP contribution in [0.5, 0.6) is 0 Å². The van der Waals surface area contributed by atoms with Crippen LogP contribution in [-0.4, -0.2) is 39.1 Å². The molecule has 6 nitrogen and oxygen atoms in total. The smallest absolute Gasteiger partial charge is 0.289 e. The second-order valence-electron chi connectivity index (χ2n) is 7.60. The first kappa shape index (κ1) is 14.3. The number of hydrogen-bond acceptors (Lipinski definition) is 4. The lowest BCUT2D eigenvalue weighted by atomic mass is 9.91. The predicted octanol–water partition coefficient (Wildman–Crippen LogP) is 2.85. The van der Waals surface area contributed by atoms with Crippen molar-refractivity contribution in [1.82, 2.24) is 20.1 Å². The van der Waals surface area contributed by atoms with Gasteiger partial charge < -0.3 is 9.32 Å². The second kappa shape index (κ2) is 5.19. The Bertz CT molecular complexity index is 772. The maximum absolute atomic E-state index is 12.8. The Morgan fingerprint density at radius 2 is 2.12 bits per heavy atom. The summed E-state index contributed by atoms with van der Waals surface area (Å²) in [6, 6.07) is 1.84. The van der Waals surface area contributed by atoms with Crippen molar-refractivity contribution in [2.45, 2.75) is 44.4 Å². The summed E-state index contributed by atoms with van der Waals surface area (Å²) in [4.78, 5) is 19.5. The zero-order chi connectivity index (χ0) is 16.3. The Morgan fingerprint density at radius 1 is 1.29 bits per heavy atom. The van der Waals surface area contributed by atoms with Gasteiger partial charge in [0, 0.05) is 30.5 Å². The summed E-state index contributed by atoms with van der Waals surface area (Å²) in [5.41, 5.74) is 0.905.